The zero-order valence-corrected chi connectivity index (χ0v) is 10.6. The van der Waals surface area contributed by atoms with Crippen molar-refractivity contribution < 1.29 is 4.74 Å². The molecule has 3 aromatic rings. The standard InChI is InChI=1S/C15H13NOS/c16-14-7-8-15(13-6-2-1-5-12(13)14)17-10-11-4-3-9-18-11/h1-9H,10,16H2. The topological polar surface area (TPSA) is 35.2 Å². The molecule has 2 aromatic carbocycles. The molecule has 90 valence electrons. The van der Waals surface area contributed by atoms with E-state index in [0.717, 1.165) is 22.2 Å². The Morgan fingerprint density at radius 3 is 2.56 bits per heavy atom. The molecule has 3 rings (SSSR count). The summed E-state index contributed by atoms with van der Waals surface area (Å²) in [7, 11) is 0. The molecule has 0 amide bonds. The Morgan fingerprint density at radius 1 is 0.944 bits per heavy atom. The van der Waals surface area contributed by atoms with Crippen molar-refractivity contribution in [2.75, 3.05) is 5.73 Å². The molecule has 0 fully saturated rings. The first kappa shape index (κ1) is 11.1. The molecule has 0 bridgehead atoms. The second-order valence-electron chi connectivity index (χ2n) is 4.07. The fourth-order valence-electron chi connectivity index (χ4n) is 1.96. The van der Waals surface area contributed by atoms with Crippen LogP contribution in [0.4, 0.5) is 5.69 Å². The van der Waals surface area contributed by atoms with Crippen molar-refractivity contribution in [1.82, 2.24) is 0 Å². The van der Waals surface area contributed by atoms with Crippen molar-refractivity contribution in [2.24, 2.45) is 0 Å². The van der Waals surface area contributed by atoms with Gasteiger partial charge in [0.1, 0.15) is 12.4 Å². The van der Waals surface area contributed by atoms with Gasteiger partial charge in [-0.25, -0.2) is 0 Å². The van der Waals surface area contributed by atoms with Gasteiger partial charge >= 0.3 is 0 Å². The minimum Gasteiger partial charge on any atom is -0.487 e. The molecule has 0 aliphatic carbocycles. The van der Waals surface area contributed by atoms with Crippen molar-refractivity contribution in [2.45, 2.75) is 6.61 Å². The average Bonchev–Trinajstić information content (AvgIpc) is 2.92. The van der Waals surface area contributed by atoms with E-state index < -0.39 is 0 Å². The maximum atomic E-state index is 5.96. The minimum absolute atomic E-state index is 0.603. The number of ether oxygens (including phenoxy) is 1. The zero-order chi connectivity index (χ0) is 12.4. The van der Waals surface area contributed by atoms with E-state index in [1.165, 1.54) is 4.88 Å². The predicted molar refractivity (Wildman–Crippen MR) is 77.0 cm³/mol. The van der Waals surface area contributed by atoms with E-state index in [4.69, 9.17) is 10.5 Å². The number of rotatable bonds is 3. The molecular weight excluding hydrogens is 242 g/mol. The molecule has 1 aromatic heterocycles. The van der Waals surface area contributed by atoms with E-state index in [9.17, 15) is 0 Å². The summed E-state index contributed by atoms with van der Waals surface area (Å²) in [4.78, 5) is 1.22. The van der Waals surface area contributed by atoms with Crippen LogP contribution in [0.25, 0.3) is 10.8 Å². The van der Waals surface area contributed by atoms with Crippen LogP contribution in [0.2, 0.25) is 0 Å². The molecule has 0 atom stereocenters. The number of nitrogens with two attached hydrogens (primary N) is 1. The quantitative estimate of drug-likeness (QED) is 0.716. The Bertz CT molecular complexity index is 661. The Labute approximate surface area is 110 Å². The number of benzene rings is 2. The van der Waals surface area contributed by atoms with Crippen LogP contribution in [0.1, 0.15) is 4.88 Å². The highest BCUT2D eigenvalue weighted by Gasteiger charge is 2.05. The normalized spacial score (nSPS) is 10.7. The summed E-state index contributed by atoms with van der Waals surface area (Å²) < 4.78 is 5.87. The lowest BCUT2D eigenvalue weighted by Gasteiger charge is -2.10. The molecular formula is C15H13NOS. The Balaban J connectivity index is 1.94. The second kappa shape index (κ2) is 4.70. The second-order valence-corrected chi connectivity index (χ2v) is 5.10. The summed E-state index contributed by atoms with van der Waals surface area (Å²) >= 11 is 1.70. The van der Waals surface area contributed by atoms with Crippen molar-refractivity contribution in [3.8, 4) is 5.75 Å². The number of hydrogen-bond donors (Lipinski definition) is 1. The molecule has 0 saturated heterocycles. The summed E-state index contributed by atoms with van der Waals surface area (Å²) in [5, 5.41) is 4.16. The summed E-state index contributed by atoms with van der Waals surface area (Å²) in [6, 6.07) is 16.0. The highest BCUT2D eigenvalue weighted by atomic mass is 32.1. The fourth-order valence-corrected chi connectivity index (χ4v) is 2.58. The van der Waals surface area contributed by atoms with Crippen molar-refractivity contribution in [3.05, 3.63) is 58.8 Å². The van der Waals surface area contributed by atoms with Crippen molar-refractivity contribution in [3.63, 3.8) is 0 Å². The van der Waals surface area contributed by atoms with E-state index in [0.29, 0.717) is 6.61 Å². The van der Waals surface area contributed by atoms with Crippen molar-refractivity contribution in [1.29, 1.82) is 0 Å². The van der Waals surface area contributed by atoms with E-state index in [1.54, 1.807) is 11.3 Å². The Morgan fingerprint density at radius 2 is 1.78 bits per heavy atom. The van der Waals surface area contributed by atoms with Crippen LogP contribution in [0.5, 0.6) is 5.75 Å². The first-order chi connectivity index (χ1) is 8.84. The van der Waals surface area contributed by atoms with Gasteiger partial charge in [-0.1, -0.05) is 30.3 Å². The SMILES string of the molecule is Nc1ccc(OCc2cccs2)c2ccccc12. The van der Waals surface area contributed by atoms with E-state index in [-0.39, 0.29) is 0 Å². The molecule has 2 nitrogen and oxygen atoms in total. The number of hydrogen-bond acceptors (Lipinski definition) is 3. The van der Waals surface area contributed by atoms with Gasteiger partial charge in [0, 0.05) is 21.3 Å². The van der Waals surface area contributed by atoms with Gasteiger partial charge in [-0.3, -0.25) is 0 Å². The summed E-state index contributed by atoms with van der Waals surface area (Å²) in [5.74, 6) is 0.883. The van der Waals surface area contributed by atoms with Gasteiger partial charge in [-0.2, -0.15) is 0 Å². The number of nitrogen functional groups attached to an aromatic ring is 1. The van der Waals surface area contributed by atoms with E-state index >= 15 is 0 Å². The fraction of sp³-hybridized carbons (Fsp3) is 0.0667. The monoisotopic (exact) mass is 255 g/mol. The molecule has 0 aliphatic heterocycles. The molecule has 0 spiro atoms. The Kier molecular flexibility index (Phi) is 2.90. The zero-order valence-electron chi connectivity index (χ0n) is 9.80. The van der Waals surface area contributed by atoms with Crippen LogP contribution in [0.3, 0.4) is 0 Å². The third-order valence-corrected chi connectivity index (χ3v) is 3.72. The third-order valence-electron chi connectivity index (χ3n) is 2.87. The minimum atomic E-state index is 0.603. The molecule has 0 saturated carbocycles. The predicted octanol–water partition coefficient (Wildman–Crippen LogP) is 4.06. The van der Waals surface area contributed by atoms with Crippen molar-refractivity contribution >= 4 is 27.8 Å². The van der Waals surface area contributed by atoms with Crippen LogP contribution < -0.4 is 10.5 Å². The molecule has 1 heterocycles. The maximum Gasteiger partial charge on any atom is 0.127 e. The largest absolute Gasteiger partial charge is 0.487 e. The van der Waals surface area contributed by atoms with E-state index in [1.807, 2.05) is 42.5 Å². The van der Waals surface area contributed by atoms with E-state index in [2.05, 4.69) is 11.4 Å². The first-order valence-corrected chi connectivity index (χ1v) is 6.65. The highest BCUT2D eigenvalue weighted by molar-refractivity contribution is 7.09. The average molecular weight is 255 g/mol. The van der Waals surface area contributed by atoms with Gasteiger partial charge in [0.25, 0.3) is 0 Å². The van der Waals surface area contributed by atoms with Crippen LogP contribution in [0, 0.1) is 0 Å². The highest BCUT2D eigenvalue weighted by Crippen LogP contribution is 2.30. The lowest BCUT2D eigenvalue weighted by atomic mass is 10.1. The van der Waals surface area contributed by atoms with Gasteiger partial charge in [0.15, 0.2) is 0 Å². The Hall–Kier alpha value is -2.00. The smallest absolute Gasteiger partial charge is 0.127 e. The summed E-state index contributed by atoms with van der Waals surface area (Å²) in [5.41, 5.74) is 6.75. The summed E-state index contributed by atoms with van der Waals surface area (Å²) in [6.45, 7) is 0.603. The molecule has 0 aliphatic rings. The van der Waals surface area contributed by atoms with Crippen LogP contribution >= 0.6 is 11.3 Å². The molecule has 18 heavy (non-hydrogen) atoms. The van der Waals surface area contributed by atoms with Gasteiger partial charge < -0.3 is 10.5 Å². The molecule has 3 heteroatoms. The lowest BCUT2D eigenvalue weighted by Crippen LogP contribution is -1.95. The lowest BCUT2D eigenvalue weighted by molar-refractivity contribution is 0.314. The molecule has 0 unspecified atom stereocenters. The number of anilines is 1. The van der Waals surface area contributed by atoms with Crippen LogP contribution in [0.15, 0.2) is 53.9 Å². The molecule has 2 N–H and O–H groups in total. The number of thiophene rings is 1. The van der Waals surface area contributed by atoms with Crippen LogP contribution in [-0.4, -0.2) is 0 Å². The van der Waals surface area contributed by atoms with Gasteiger partial charge in [0.2, 0.25) is 0 Å². The van der Waals surface area contributed by atoms with Crippen LogP contribution in [-0.2, 0) is 6.61 Å². The molecule has 0 radical (unpaired) electrons. The summed E-state index contributed by atoms with van der Waals surface area (Å²) in [6.07, 6.45) is 0. The van der Waals surface area contributed by atoms with Gasteiger partial charge in [0.05, 0.1) is 0 Å². The van der Waals surface area contributed by atoms with Gasteiger partial charge in [-0.15, -0.1) is 11.3 Å². The third kappa shape index (κ3) is 2.05. The first-order valence-electron chi connectivity index (χ1n) is 5.77. The maximum absolute atomic E-state index is 5.96. The number of fused-ring (bicyclic) bond motifs is 1. The van der Waals surface area contributed by atoms with Gasteiger partial charge in [-0.05, 0) is 23.6 Å².